The molecule has 0 atom stereocenters. The zero-order valence-electron chi connectivity index (χ0n) is 17.1. The number of nitrogens with zero attached hydrogens (tertiary/aromatic N) is 1. The number of thiocarbonyl (C=S) groups is 1. The van der Waals surface area contributed by atoms with E-state index >= 15 is 0 Å². The number of carbonyl (C=O) groups is 3. The van der Waals surface area contributed by atoms with Gasteiger partial charge < -0.3 is 5.11 Å². The quantitative estimate of drug-likeness (QED) is 0.322. The third-order valence-electron chi connectivity index (χ3n) is 5.08. The predicted octanol–water partition coefficient (Wildman–Crippen LogP) is 4.47. The fourth-order valence-electron chi connectivity index (χ4n) is 3.53. The number of carbonyl (C=O) groups excluding carboxylic acids is 2. The molecular formula is C25H17ClN2O4S. The third-order valence-corrected chi connectivity index (χ3v) is 5.61. The van der Waals surface area contributed by atoms with E-state index in [1.165, 1.54) is 11.0 Å². The fraction of sp³-hybridized carbons (Fsp3) is 0.0400. The number of rotatable bonds is 5. The molecule has 33 heavy (non-hydrogen) atoms. The summed E-state index contributed by atoms with van der Waals surface area (Å²) in [6, 6.07) is 21.0. The van der Waals surface area contributed by atoms with Crippen molar-refractivity contribution in [3.63, 3.8) is 0 Å². The van der Waals surface area contributed by atoms with Crippen LogP contribution in [0.25, 0.3) is 17.2 Å². The molecule has 1 aliphatic rings. The van der Waals surface area contributed by atoms with Crippen molar-refractivity contribution in [2.45, 2.75) is 6.42 Å². The van der Waals surface area contributed by atoms with Crippen LogP contribution < -0.4 is 10.2 Å². The molecule has 0 saturated carbocycles. The average molecular weight is 477 g/mol. The molecule has 0 spiro atoms. The Bertz CT molecular complexity index is 1300. The molecule has 0 aromatic heterocycles. The first-order valence-corrected chi connectivity index (χ1v) is 10.7. The van der Waals surface area contributed by atoms with Gasteiger partial charge in [0.1, 0.15) is 5.57 Å². The van der Waals surface area contributed by atoms with Gasteiger partial charge in [-0.2, -0.15) is 0 Å². The molecule has 6 nitrogen and oxygen atoms in total. The number of benzene rings is 3. The highest BCUT2D eigenvalue weighted by Crippen LogP contribution is 2.27. The molecule has 2 N–H and O–H groups in total. The van der Waals surface area contributed by atoms with Crippen LogP contribution in [0.4, 0.5) is 5.69 Å². The molecule has 3 aromatic rings. The lowest BCUT2D eigenvalue weighted by atomic mass is 9.96. The highest BCUT2D eigenvalue weighted by molar-refractivity contribution is 7.80. The minimum absolute atomic E-state index is 0.00476. The molecule has 1 aliphatic heterocycles. The lowest BCUT2D eigenvalue weighted by Crippen LogP contribution is -2.54. The Kier molecular flexibility index (Phi) is 6.35. The maximum absolute atomic E-state index is 13.1. The second-order valence-electron chi connectivity index (χ2n) is 7.28. The molecule has 3 aromatic carbocycles. The number of hydrogen-bond acceptors (Lipinski definition) is 4. The molecule has 8 heteroatoms. The molecule has 164 valence electrons. The topological polar surface area (TPSA) is 86.7 Å². The smallest absolute Gasteiger partial charge is 0.307 e. The Hall–Kier alpha value is -3.81. The van der Waals surface area contributed by atoms with Crippen molar-refractivity contribution in [2.75, 3.05) is 4.90 Å². The van der Waals surface area contributed by atoms with Crippen LogP contribution >= 0.6 is 23.8 Å². The van der Waals surface area contributed by atoms with Gasteiger partial charge in [0.2, 0.25) is 0 Å². The summed E-state index contributed by atoms with van der Waals surface area (Å²) in [4.78, 5) is 38.0. The zero-order valence-corrected chi connectivity index (χ0v) is 18.7. The van der Waals surface area contributed by atoms with E-state index in [1.807, 2.05) is 24.3 Å². The molecule has 1 heterocycles. The molecule has 0 bridgehead atoms. The zero-order chi connectivity index (χ0) is 23.5. The van der Waals surface area contributed by atoms with Crippen molar-refractivity contribution in [2.24, 2.45) is 0 Å². The summed E-state index contributed by atoms with van der Waals surface area (Å²) >= 11 is 11.1. The number of anilines is 1. The second kappa shape index (κ2) is 9.36. The van der Waals surface area contributed by atoms with Crippen LogP contribution in [0.3, 0.4) is 0 Å². The number of amides is 2. The first-order chi connectivity index (χ1) is 15.8. The van der Waals surface area contributed by atoms with Crippen LogP contribution in [-0.2, 0) is 20.8 Å². The van der Waals surface area contributed by atoms with E-state index < -0.39 is 17.8 Å². The van der Waals surface area contributed by atoms with Crippen molar-refractivity contribution >= 4 is 58.5 Å². The van der Waals surface area contributed by atoms with Crippen molar-refractivity contribution < 1.29 is 19.5 Å². The van der Waals surface area contributed by atoms with Crippen LogP contribution in [0, 0.1) is 0 Å². The van der Waals surface area contributed by atoms with E-state index in [4.69, 9.17) is 28.9 Å². The molecule has 4 rings (SSSR count). The third kappa shape index (κ3) is 4.84. The maximum Gasteiger partial charge on any atom is 0.307 e. The van der Waals surface area contributed by atoms with E-state index in [0.717, 1.165) is 11.1 Å². The summed E-state index contributed by atoms with van der Waals surface area (Å²) in [5.41, 5.74) is 3.41. The van der Waals surface area contributed by atoms with Crippen LogP contribution in [0.5, 0.6) is 0 Å². The van der Waals surface area contributed by atoms with E-state index in [-0.39, 0.29) is 17.1 Å². The highest BCUT2D eigenvalue weighted by atomic mass is 35.5. The highest BCUT2D eigenvalue weighted by Gasteiger charge is 2.34. The predicted molar refractivity (Wildman–Crippen MR) is 131 cm³/mol. The molecule has 0 aliphatic carbocycles. The minimum atomic E-state index is -0.909. The first-order valence-electron chi connectivity index (χ1n) is 9.90. The SMILES string of the molecule is O=C(O)Cc1ccccc1-c1ccc(/C=C2/C(=O)NC(=S)N(c3ccc(Cl)cc3)C2=O)cc1. The largest absolute Gasteiger partial charge is 0.481 e. The Morgan fingerprint density at radius 2 is 1.67 bits per heavy atom. The molecule has 0 radical (unpaired) electrons. The van der Waals surface area contributed by atoms with Gasteiger partial charge in [-0.3, -0.25) is 24.6 Å². The molecular weight excluding hydrogens is 460 g/mol. The Balaban J connectivity index is 1.64. The Morgan fingerprint density at radius 1 is 1.00 bits per heavy atom. The number of hydrogen-bond donors (Lipinski definition) is 2. The maximum atomic E-state index is 13.1. The van der Waals surface area contributed by atoms with Gasteiger partial charge in [-0.25, -0.2) is 0 Å². The summed E-state index contributed by atoms with van der Waals surface area (Å²) in [6.07, 6.45) is 1.41. The van der Waals surface area contributed by atoms with Gasteiger partial charge in [-0.1, -0.05) is 60.1 Å². The van der Waals surface area contributed by atoms with E-state index in [1.54, 1.807) is 48.5 Å². The number of nitrogens with one attached hydrogen (secondary N) is 1. The van der Waals surface area contributed by atoms with E-state index in [9.17, 15) is 14.4 Å². The second-order valence-corrected chi connectivity index (χ2v) is 8.11. The number of carboxylic acid groups (broad SMARTS) is 1. The van der Waals surface area contributed by atoms with Gasteiger partial charge in [0, 0.05) is 5.02 Å². The van der Waals surface area contributed by atoms with Gasteiger partial charge >= 0.3 is 5.97 Å². The van der Waals surface area contributed by atoms with Crippen molar-refractivity contribution in [3.05, 3.63) is 94.5 Å². The number of aliphatic carboxylic acids is 1. The van der Waals surface area contributed by atoms with Crippen LogP contribution in [0.2, 0.25) is 5.02 Å². The van der Waals surface area contributed by atoms with Crippen LogP contribution in [-0.4, -0.2) is 28.0 Å². The summed E-state index contributed by atoms with van der Waals surface area (Å²) in [5.74, 6) is -2.03. The molecule has 2 amide bonds. The Morgan fingerprint density at radius 3 is 2.33 bits per heavy atom. The van der Waals surface area contributed by atoms with E-state index in [0.29, 0.717) is 21.8 Å². The fourth-order valence-corrected chi connectivity index (χ4v) is 3.93. The summed E-state index contributed by atoms with van der Waals surface area (Å²) in [7, 11) is 0. The minimum Gasteiger partial charge on any atom is -0.481 e. The van der Waals surface area contributed by atoms with Gasteiger partial charge in [0.25, 0.3) is 11.8 Å². The van der Waals surface area contributed by atoms with Crippen molar-refractivity contribution in [1.29, 1.82) is 0 Å². The van der Waals surface area contributed by atoms with Gasteiger partial charge in [-0.15, -0.1) is 0 Å². The van der Waals surface area contributed by atoms with Crippen LogP contribution in [0.1, 0.15) is 11.1 Å². The normalized spacial score (nSPS) is 15.0. The molecule has 1 fully saturated rings. The summed E-state index contributed by atoms with van der Waals surface area (Å²) < 4.78 is 0. The van der Waals surface area contributed by atoms with E-state index in [2.05, 4.69) is 5.32 Å². The van der Waals surface area contributed by atoms with Gasteiger partial charge in [0.15, 0.2) is 5.11 Å². The van der Waals surface area contributed by atoms with Crippen molar-refractivity contribution in [1.82, 2.24) is 5.32 Å². The molecule has 0 unspecified atom stereocenters. The van der Waals surface area contributed by atoms with Gasteiger partial charge in [-0.05, 0) is 64.8 Å². The van der Waals surface area contributed by atoms with Gasteiger partial charge in [0.05, 0.1) is 12.1 Å². The van der Waals surface area contributed by atoms with Crippen molar-refractivity contribution in [3.8, 4) is 11.1 Å². The number of halogens is 1. The standard InChI is InChI=1S/C25H17ClN2O4S/c26-18-9-11-19(12-10-18)28-24(32)21(23(31)27-25(28)33)13-15-5-7-16(8-6-15)20-4-2-1-3-17(20)14-22(29)30/h1-13H,14H2,(H,29,30)(H,27,31,33)/b21-13-. The average Bonchev–Trinajstić information content (AvgIpc) is 2.78. The first kappa shape index (κ1) is 22.4. The Labute approximate surface area is 200 Å². The van der Waals surface area contributed by atoms with Crippen LogP contribution in [0.15, 0.2) is 78.4 Å². The molecule has 1 saturated heterocycles. The lowest BCUT2D eigenvalue weighted by Gasteiger charge is -2.28. The number of carboxylic acids is 1. The summed E-state index contributed by atoms with van der Waals surface area (Å²) in [5, 5.41) is 12.2. The summed E-state index contributed by atoms with van der Waals surface area (Å²) in [6.45, 7) is 0. The monoisotopic (exact) mass is 476 g/mol. The lowest BCUT2D eigenvalue weighted by molar-refractivity contribution is -0.136.